The van der Waals surface area contributed by atoms with Gasteiger partial charge in [-0.05, 0) is 56.4 Å². The maximum atomic E-state index is 13.3. The van der Waals surface area contributed by atoms with Crippen LogP contribution in [0.2, 0.25) is 0 Å². The molecule has 2 rings (SSSR count). The third-order valence-corrected chi connectivity index (χ3v) is 5.50. The van der Waals surface area contributed by atoms with Gasteiger partial charge >= 0.3 is 0 Å². The molecule has 0 saturated heterocycles. The van der Waals surface area contributed by atoms with E-state index in [0.717, 1.165) is 35.1 Å². The summed E-state index contributed by atoms with van der Waals surface area (Å²) in [7, 11) is 0. The van der Waals surface area contributed by atoms with E-state index < -0.39 is 6.04 Å². The Bertz CT molecular complexity index is 879. The van der Waals surface area contributed by atoms with Crippen molar-refractivity contribution in [1.82, 2.24) is 10.2 Å². The molecule has 1 atom stereocenters. The summed E-state index contributed by atoms with van der Waals surface area (Å²) in [5.74, 6) is 0.389. The van der Waals surface area contributed by atoms with E-state index in [-0.39, 0.29) is 18.4 Å². The predicted octanol–water partition coefficient (Wildman–Crippen LogP) is 4.71. The first-order valence-corrected chi connectivity index (χ1v) is 11.2. The molecule has 0 saturated carbocycles. The molecule has 0 aliphatic carbocycles. The number of benzene rings is 2. The van der Waals surface area contributed by atoms with Crippen LogP contribution in [0.1, 0.15) is 55.4 Å². The molecule has 2 aromatic carbocycles. The Labute approximate surface area is 186 Å². The molecule has 168 valence electrons. The van der Waals surface area contributed by atoms with Gasteiger partial charge in [0, 0.05) is 13.1 Å². The van der Waals surface area contributed by atoms with E-state index in [2.05, 4.69) is 12.2 Å². The van der Waals surface area contributed by atoms with Crippen LogP contribution in [0.4, 0.5) is 0 Å². The van der Waals surface area contributed by atoms with Crippen LogP contribution >= 0.6 is 0 Å². The molecule has 0 spiro atoms. The molecule has 0 fully saturated rings. The van der Waals surface area contributed by atoms with Crippen LogP contribution in [-0.4, -0.2) is 35.9 Å². The Morgan fingerprint density at radius 1 is 1.03 bits per heavy atom. The highest BCUT2D eigenvalue weighted by Crippen LogP contribution is 2.20. The molecule has 0 aromatic heterocycles. The number of ether oxygens (including phenoxy) is 1. The number of unbranched alkanes of at least 4 members (excludes halogenated alkanes) is 1. The first kappa shape index (κ1) is 24.4. The molecule has 2 aromatic rings. The fraction of sp³-hybridized carbons (Fsp3) is 0.462. The quantitative estimate of drug-likeness (QED) is 0.531. The Morgan fingerprint density at radius 2 is 1.77 bits per heavy atom. The van der Waals surface area contributed by atoms with E-state index in [0.29, 0.717) is 25.3 Å². The maximum Gasteiger partial charge on any atom is 0.261 e. The van der Waals surface area contributed by atoms with Crippen LogP contribution in [-0.2, 0) is 16.1 Å². The van der Waals surface area contributed by atoms with Crippen molar-refractivity contribution in [3.8, 4) is 5.75 Å². The van der Waals surface area contributed by atoms with Crippen molar-refractivity contribution < 1.29 is 14.3 Å². The van der Waals surface area contributed by atoms with Crippen molar-refractivity contribution >= 4 is 11.8 Å². The first-order valence-electron chi connectivity index (χ1n) is 11.2. The number of nitrogens with one attached hydrogen (secondary N) is 1. The van der Waals surface area contributed by atoms with Gasteiger partial charge < -0.3 is 15.0 Å². The molecule has 0 aliphatic heterocycles. The van der Waals surface area contributed by atoms with E-state index in [1.54, 1.807) is 4.90 Å². The number of carbonyl (C=O) groups excluding carboxylic acids is 2. The normalized spacial score (nSPS) is 11.6. The molecule has 0 aliphatic rings. The molecule has 5 heteroatoms. The molecule has 0 unspecified atom stereocenters. The lowest BCUT2D eigenvalue weighted by Gasteiger charge is -2.31. The minimum absolute atomic E-state index is 0.103. The highest BCUT2D eigenvalue weighted by Gasteiger charge is 2.29. The summed E-state index contributed by atoms with van der Waals surface area (Å²) in [6.07, 6.45) is 2.47. The van der Waals surface area contributed by atoms with E-state index in [1.807, 2.05) is 70.2 Å². The van der Waals surface area contributed by atoms with Crippen LogP contribution in [0.3, 0.4) is 0 Å². The fourth-order valence-electron chi connectivity index (χ4n) is 3.58. The smallest absolute Gasteiger partial charge is 0.261 e. The lowest BCUT2D eigenvalue weighted by molar-refractivity contribution is -0.143. The van der Waals surface area contributed by atoms with E-state index >= 15 is 0 Å². The Hall–Kier alpha value is -2.82. The lowest BCUT2D eigenvalue weighted by atomic mass is 10.1. The van der Waals surface area contributed by atoms with Crippen LogP contribution in [0, 0.1) is 20.8 Å². The average molecular weight is 425 g/mol. The highest BCUT2D eigenvalue weighted by molar-refractivity contribution is 5.88. The van der Waals surface area contributed by atoms with E-state index in [9.17, 15) is 9.59 Å². The monoisotopic (exact) mass is 424 g/mol. The standard InChI is InChI=1S/C26H36N2O3/c1-6-8-15-27-26(30)23(7-2)28(17-22-12-10-9-11-20(22)4)25(29)18-31-24-14-13-19(3)16-21(24)5/h9-14,16,23H,6-8,15,17-18H2,1-5H3,(H,27,30)/t23-/m1/s1. The number of nitrogens with zero attached hydrogens (tertiary/aromatic N) is 1. The lowest BCUT2D eigenvalue weighted by Crippen LogP contribution is -2.50. The van der Waals surface area contributed by atoms with Gasteiger partial charge in [0.25, 0.3) is 5.91 Å². The summed E-state index contributed by atoms with van der Waals surface area (Å²) in [5.41, 5.74) is 4.26. The van der Waals surface area contributed by atoms with Gasteiger partial charge in [-0.3, -0.25) is 9.59 Å². The van der Waals surface area contributed by atoms with Gasteiger partial charge in [-0.25, -0.2) is 0 Å². The first-order chi connectivity index (χ1) is 14.9. The molecule has 31 heavy (non-hydrogen) atoms. The second-order valence-electron chi connectivity index (χ2n) is 8.07. The van der Waals surface area contributed by atoms with Crippen LogP contribution in [0.15, 0.2) is 42.5 Å². The van der Waals surface area contributed by atoms with Crippen LogP contribution < -0.4 is 10.1 Å². The Kier molecular flexibility index (Phi) is 9.57. The predicted molar refractivity (Wildman–Crippen MR) is 125 cm³/mol. The van der Waals surface area contributed by atoms with Crippen LogP contribution in [0.5, 0.6) is 5.75 Å². The zero-order chi connectivity index (χ0) is 22.8. The largest absolute Gasteiger partial charge is 0.483 e. The number of rotatable bonds is 11. The van der Waals surface area contributed by atoms with Gasteiger partial charge in [0.1, 0.15) is 11.8 Å². The van der Waals surface area contributed by atoms with Crippen molar-refractivity contribution in [3.05, 3.63) is 64.7 Å². The summed E-state index contributed by atoms with van der Waals surface area (Å²) < 4.78 is 5.85. The third kappa shape index (κ3) is 7.12. The van der Waals surface area contributed by atoms with Gasteiger partial charge in [0.05, 0.1) is 0 Å². The molecule has 0 heterocycles. The summed E-state index contributed by atoms with van der Waals surface area (Å²) in [6, 6.07) is 13.3. The second-order valence-corrected chi connectivity index (χ2v) is 8.07. The van der Waals surface area contributed by atoms with E-state index in [1.165, 1.54) is 0 Å². The number of aryl methyl sites for hydroxylation is 3. The molecule has 0 bridgehead atoms. The van der Waals surface area contributed by atoms with Crippen molar-refractivity contribution in [2.75, 3.05) is 13.2 Å². The average Bonchev–Trinajstić information content (AvgIpc) is 2.74. The van der Waals surface area contributed by atoms with E-state index in [4.69, 9.17) is 4.74 Å². The molecule has 0 radical (unpaired) electrons. The topological polar surface area (TPSA) is 58.6 Å². The zero-order valence-electron chi connectivity index (χ0n) is 19.5. The van der Waals surface area contributed by atoms with Gasteiger partial charge in [-0.15, -0.1) is 0 Å². The Morgan fingerprint density at radius 3 is 2.42 bits per heavy atom. The highest BCUT2D eigenvalue weighted by atomic mass is 16.5. The van der Waals surface area contributed by atoms with Crippen molar-refractivity contribution in [1.29, 1.82) is 0 Å². The SMILES string of the molecule is CCCCNC(=O)[C@@H](CC)N(Cc1ccccc1C)C(=O)COc1ccc(C)cc1C. The molecule has 2 amide bonds. The minimum atomic E-state index is -0.535. The molecular weight excluding hydrogens is 388 g/mol. The van der Waals surface area contributed by atoms with Crippen molar-refractivity contribution in [2.45, 2.75) is 66.5 Å². The summed E-state index contributed by atoms with van der Waals surface area (Å²) >= 11 is 0. The number of hydrogen-bond donors (Lipinski definition) is 1. The van der Waals surface area contributed by atoms with Gasteiger partial charge in [0.15, 0.2) is 6.61 Å². The zero-order valence-corrected chi connectivity index (χ0v) is 19.5. The second kappa shape index (κ2) is 12.1. The number of carbonyl (C=O) groups is 2. The number of amides is 2. The third-order valence-electron chi connectivity index (χ3n) is 5.50. The fourth-order valence-corrected chi connectivity index (χ4v) is 3.58. The maximum absolute atomic E-state index is 13.3. The van der Waals surface area contributed by atoms with Gasteiger partial charge in [-0.1, -0.05) is 62.2 Å². The Balaban J connectivity index is 2.21. The summed E-state index contributed by atoms with van der Waals surface area (Å²) in [5, 5.41) is 2.99. The van der Waals surface area contributed by atoms with Gasteiger partial charge in [0.2, 0.25) is 5.91 Å². The van der Waals surface area contributed by atoms with Crippen LogP contribution in [0.25, 0.3) is 0 Å². The summed E-state index contributed by atoms with van der Waals surface area (Å²) in [6.45, 7) is 10.9. The van der Waals surface area contributed by atoms with Gasteiger partial charge in [-0.2, -0.15) is 0 Å². The molecule has 5 nitrogen and oxygen atoms in total. The number of hydrogen-bond acceptors (Lipinski definition) is 3. The molecule has 1 N–H and O–H groups in total. The van der Waals surface area contributed by atoms with Crippen molar-refractivity contribution in [3.63, 3.8) is 0 Å². The molecular formula is C26H36N2O3. The summed E-state index contributed by atoms with van der Waals surface area (Å²) in [4.78, 5) is 27.8. The minimum Gasteiger partial charge on any atom is -0.483 e. The van der Waals surface area contributed by atoms with Crippen molar-refractivity contribution in [2.24, 2.45) is 0 Å².